The summed E-state index contributed by atoms with van der Waals surface area (Å²) in [5, 5.41) is 18.8. The predicted octanol–water partition coefficient (Wildman–Crippen LogP) is -1.52. The Balaban J connectivity index is 2.12. The fourth-order valence-corrected chi connectivity index (χ4v) is 1.63. The lowest BCUT2D eigenvalue weighted by Gasteiger charge is -2.28. The second-order valence-electron chi connectivity index (χ2n) is 3.06. The molecule has 2 bridgehead atoms. The highest BCUT2D eigenvalue weighted by Crippen LogP contribution is 2.30. The SMILES string of the molecule is CO[C@@H]1OC[C@@H]2O[C@H]1[C@H](O)[C@H]2O. The summed E-state index contributed by atoms with van der Waals surface area (Å²) in [7, 11) is 1.48. The third kappa shape index (κ3) is 1.06. The van der Waals surface area contributed by atoms with Crippen LogP contribution in [0.4, 0.5) is 0 Å². The van der Waals surface area contributed by atoms with Gasteiger partial charge in [0.25, 0.3) is 0 Å². The van der Waals surface area contributed by atoms with E-state index in [9.17, 15) is 10.2 Å². The molecule has 0 unspecified atom stereocenters. The smallest absolute Gasteiger partial charge is 0.186 e. The summed E-state index contributed by atoms with van der Waals surface area (Å²) in [5.41, 5.74) is 0. The summed E-state index contributed by atoms with van der Waals surface area (Å²) < 4.78 is 15.4. The molecule has 0 aromatic rings. The van der Waals surface area contributed by atoms with Gasteiger partial charge < -0.3 is 24.4 Å². The van der Waals surface area contributed by atoms with E-state index in [0.29, 0.717) is 0 Å². The monoisotopic (exact) mass is 176 g/mol. The molecule has 2 saturated heterocycles. The van der Waals surface area contributed by atoms with Crippen molar-refractivity contribution in [2.75, 3.05) is 13.7 Å². The molecular weight excluding hydrogens is 164 g/mol. The van der Waals surface area contributed by atoms with Gasteiger partial charge >= 0.3 is 0 Å². The van der Waals surface area contributed by atoms with Crippen molar-refractivity contribution in [3.63, 3.8) is 0 Å². The van der Waals surface area contributed by atoms with Gasteiger partial charge in [0.15, 0.2) is 6.29 Å². The fourth-order valence-electron chi connectivity index (χ4n) is 1.63. The van der Waals surface area contributed by atoms with E-state index in [1.54, 1.807) is 0 Å². The molecule has 2 aliphatic heterocycles. The van der Waals surface area contributed by atoms with E-state index in [0.717, 1.165) is 0 Å². The van der Waals surface area contributed by atoms with Crippen molar-refractivity contribution >= 4 is 0 Å². The average molecular weight is 176 g/mol. The number of rotatable bonds is 1. The van der Waals surface area contributed by atoms with Crippen molar-refractivity contribution in [1.82, 2.24) is 0 Å². The molecule has 5 atom stereocenters. The molecule has 2 rings (SSSR count). The molecule has 0 aliphatic carbocycles. The van der Waals surface area contributed by atoms with Crippen LogP contribution in [0.15, 0.2) is 0 Å². The highest BCUT2D eigenvalue weighted by Gasteiger charge is 2.50. The summed E-state index contributed by atoms with van der Waals surface area (Å²) in [5.74, 6) is 0. The van der Waals surface area contributed by atoms with Crippen molar-refractivity contribution in [2.45, 2.75) is 30.7 Å². The van der Waals surface area contributed by atoms with Crippen LogP contribution in [0.5, 0.6) is 0 Å². The van der Waals surface area contributed by atoms with Crippen molar-refractivity contribution in [3.05, 3.63) is 0 Å². The van der Waals surface area contributed by atoms with Gasteiger partial charge in [0, 0.05) is 7.11 Å². The largest absolute Gasteiger partial charge is 0.387 e. The van der Waals surface area contributed by atoms with E-state index in [1.807, 2.05) is 0 Å². The number of ether oxygens (including phenoxy) is 3. The zero-order valence-electron chi connectivity index (χ0n) is 6.71. The summed E-state index contributed by atoms with van der Waals surface area (Å²) in [6, 6.07) is 0. The molecule has 5 nitrogen and oxygen atoms in total. The standard InChI is InChI=1S/C7H12O5/c1-10-7-6-5(9)4(8)3(12-6)2-11-7/h3-9H,2H2,1H3/t3-,4-,5+,6-,7+/m0/s1. The van der Waals surface area contributed by atoms with Crippen molar-refractivity contribution in [1.29, 1.82) is 0 Å². The van der Waals surface area contributed by atoms with Gasteiger partial charge in [0.05, 0.1) is 6.61 Å². The van der Waals surface area contributed by atoms with Crippen LogP contribution in [0, 0.1) is 0 Å². The van der Waals surface area contributed by atoms with Gasteiger partial charge in [-0.3, -0.25) is 0 Å². The lowest BCUT2D eigenvalue weighted by molar-refractivity contribution is -0.249. The Morgan fingerprint density at radius 2 is 2.08 bits per heavy atom. The first-order chi connectivity index (χ1) is 5.74. The summed E-state index contributed by atoms with van der Waals surface area (Å²) in [6.45, 7) is 0.271. The number of methoxy groups -OCH3 is 1. The molecule has 2 fully saturated rings. The Bertz CT molecular complexity index is 171. The molecule has 2 N–H and O–H groups in total. The molecule has 0 aromatic heterocycles. The van der Waals surface area contributed by atoms with Crippen LogP contribution in [0.1, 0.15) is 0 Å². The quantitative estimate of drug-likeness (QED) is 0.507. The molecule has 0 aromatic carbocycles. The van der Waals surface area contributed by atoms with Crippen LogP contribution < -0.4 is 0 Å². The van der Waals surface area contributed by atoms with E-state index in [-0.39, 0.29) is 6.61 Å². The molecule has 0 saturated carbocycles. The minimum atomic E-state index is -0.901. The Hall–Kier alpha value is -0.200. The van der Waals surface area contributed by atoms with E-state index >= 15 is 0 Å². The second-order valence-corrected chi connectivity index (χ2v) is 3.06. The number of hydrogen-bond acceptors (Lipinski definition) is 5. The van der Waals surface area contributed by atoms with E-state index in [4.69, 9.17) is 14.2 Å². The van der Waals surface area contributed by atoms with Crippen LogP contribution in [-0.4, -0.2) is 54.6 Å². The summed E-state index contributed by atoms with van der Waals surface area (Å²) in [6.07, 6.45) is -3.27. The molecule has 0 radical (unpaired) electrons. The van der Waals surface area contributed by atoms with Gasteiger partial charge in [0.2, 0.25) is 0 Å². The minimum absolute atomic E-state index is 0.271. The maximum Gasteiger partial charge on any atom is 0.186 e. The molecule has 2 aliphatic rings. The Kier molecular flexibility index (Phi) is 2.05. The van der Waals surface area contributed by atoms with Gasteiger partial charge in [-0.15, -0.1) is 0 Å². The van der Waals surface area contributed by atoms with Crippen molar-refractivity contribution < 1.29 is 24.4 Å². The van der Waals surface area contributed by atoms with Crippen LogP contribution in [0.3, 0.4) is 0 Å². The topological polar surface area (TPSA) is 68.2 Å². The van der Waals surface area contributed by atoms with E-state index in [1.165, 1.54) is 7.11 Å². The first-order valence-electron chi connectivity index (χ1n) is 3.90. The normalized spacial score (nSPS) is 52.8. The molecule has 0 amide bonds. The number of fused-ring (bicyclic) bond motifs is 2. The zero-order valence-corrected chi connectivity index (χ0v) is 6.71. The lowest BCUT2D eigenvalue weighted by atomic mass is 10.1. The van der Waals surface area contributed by atoms with Crippen LogP contribution in [0.25, 0.3) is 0 Å². The van der Waals surface area contributed by atoms with Gasteiger partial charge in [-0.05, 0) is 0 Å². The molecular formula is C7H12O5. The minimum Gasteiger partial charge on any atom is -0.387 e. The van der Waals surface area contributed by atoms with Gasteiger partial charge in [-0.1, -0.05) is 0 Å². The van der Waals surface area contributed by atoms with Gasteiger partial charge in [-0.25, -0.2) is 0 Å². The number of hydrogen-bond donors (Lipinski definition) is 2. The maximum atomic E-state index is 9.43. The van der Waals surface area contributed by atoms with Crippen molar-refractivity contribution in [3.8, 4) is 0 Å². The molecule has 12 heavy (non-hydrogen) atoms. The van der Waals surface area contributed by atoms with E-state index in [2.05, 4.69) is 0 Å². The Labute approximate surface area is 69.8 Å². The molecule has 2 heterocycles. The highest BCUT2D eigenvalue weighted by molar-refractivity contribution is 4.95. The predicted molar refractivity (Wildman–Crippen MR) is 37.4 cm³/mol. The zero-order chi connectivity index (χ0) is 8.72. The van der Waals surface area contributed by atoms with Crippen LogP contribution in [-0.2, 0) is 14.2 Å². The molecule has 0 spiro atoms. The van der Waals surface area contributed by atoms with Gasteiger partial charge in [-0.2, -0.15) is 0 Å². The Morgan fingerprint density at radius 1 is 1.33 bits per heavy atom. The Morgan fingerprint density at radius 3 is 2.75 bits per heavy atom. The first-order valence-corrected chi connectivity index (χ1v) is 3.90. The average Bonchev–Trinajstić information content (AvgIpc) is 2.33. The van der Waals surface area contributed by atoms with Gasteiger partial charge in [0.1, 0.15) is 24.4 Å². The van der Waals surface area contributed by atoms with Crippen molar-refractivity contribution in [2.24, 2.45) is 0 Å². The highest BCUT2D eigenvalue weighted by atomic mass is 16.7. The molecule has 70 valence electrons. The third-order valence-electron chi connectivity index (χ3n) is 2.32. The summed E-state index contributed by atoms with van der Waals surface area (Å²) >= 11 is 0. The fraction of sp³-hybridized carbons (Fsp3) is 1.00. The van der Waals surface area contributed by atoms with Crippen LogP contribution >= 0.6 is 0 Å². The lowest BCUT2D eigenvalue weighted by Crippen LogP contribution is -2.41. The third-order valence-corrected chi connectivity index (χ3v) is 2.32. The second kappa shape index (κ2) is 2.93. The maximum absolute atomic E-state index is 9.43. The van der Waals surface area contributed by atoms with Crippen LogP contribution in [0.2, 0.25) is 0 Å². The van der Waals surface area contributed by atoms with E-state index < -0.39 is 30.7 Å². The number of aliphatic hydroxyl groups is 2. The number of aliphatic hydroxyl groups excluding tert-OH is 2. The first kappa shape index (κ1) is 8.40. The molecule has 5 heteroatoms. The summed E-state index contributed by atoms with van der Waals surface area (Å²) in [4.78, 5) is 0.